The maximum absolute atomic E-state index is 13.1. The zero-order valence-electron chi connectivity index (χ0n) is 9.83. The number of rotatable bonds is 4. The predicted molar refractivity (Wildman–Crippen MR) is 63.2 cm³/mol. The van der Waals surface area contributed by atoms with Crippen molar-refractivity contribution in [1.29, 1.82) is 0 Å². The van der Waals surface area contributed by atoms with Crippen molar-refractivity contribution in [2.45, 2.75) is 31.7 Å². The Hall–Kier alpha value is -1.58. The second-order valence-corrected chi connectivity index (χ2v) is 4.29. The minimum Gasteiger partial charge on any atom is -0.464 e. The SMILES string of the molecule is CCOC(=O)C1(Nc2cccc(F)c2)CCC1. The summed E-state index contributed by atoms with van der Waals surface area (Å²) in [6, 6.07) is 6.14. The number of carbonyl (C=O) groups is 1. The molecule has 0 bridgehead atoms. The Kier molecular flexibility index (Phi) is 3.31. The van der Waals surface area contributed by atoms with E-state index < -0.39 is 5.54 Å². The Bertz CT molecular complexity index is 416. The lowest BCUT2D eigenvalue weighted by Crippen LogP contribution is -2.53. The maximum atomic E-state index is 13.1. The summed E-state index contributed by atoms with van der Waals surface area (Å²) in [4.78, 5) is 11.9. The Morgan fingerprint density at radius 3 is 2.82 bits per heavy atom. The van der Waals surface area contributed by atoms with Crippen LogP contribution in [0.15, 0.2) is 24.3 Å². The van der Waals surface area contributed by atoms with E-state index >= 15 is 0 Å². The van der Waals surface area contributed by atoms with E-state index in [-0.39, 0.29) is 11.8 Å². The summed E-state index contributed by atoms with van der Waals surface area (Å²) in [5, 5.41) is 3.10. The third-order valence-corrected chi connectivity index (χ3v) is 3.08. The van der Waals surface area contributed by atoms with Crippen molar-refractivity contribution in [2.24, 2.45) is 0 Å². The van der Waals surface area contributed by atoms with Crippen molar-refractivity contribution in [3.8, 4) is 0 Å². The average molecular weight is 237 g/mol. The fourth-order valence-electron chi connectivity index (χ4n) is 2.02. The number of halogens is 1. The first-order valence-electron chi connectivity index (χ1n) is 5.87. The fourth-order valence-corrected chi connectivity index (χ4v) is 2.02. The van der Waals surface area contributed by atoms with Crippen molar-refractivity contribution in [1.82, 2.24) is 0 Å². The molecule has 1 aliphatic rings. The molecule has 0 spiro atoms. The van der Waals surface area contributed by atoms with Crippen LogP contribution in [0.4, 0.5) is 10.1 Å². The van der Waals surface area contributed by atoms with Crippen molar-refractivity contribution >= 4 is 11.7 Å². The number of hydrogen-bond donors (Lipinski definition) is 1. The minimum absolute atomic E-state index is 0.240. The number of hydrogen-bond acceptors (Lipinski definition) is 3. The second kappa shape index (κ2) is 4.73. The Labute approximate surface area is 100.0 Å². The molecule has 1 fully saturated rings. The van der Waals surface area contributed by atoms with E-state index in [1.165, 1.54) is 12.1 Å². The molecule has 1 aliphatic carbocycles. The highest BCUT2D eigenvalue weighted by atomic mass is 19.1. The van der Waals surface area contributed by atoms with Gasteiger partial charge in [-0.15, -0.1) is 0 Å². The molecule has 0 radical (unpaired) electrons. The number of carbonyl (C=O) groups excluding carboxylic acids is 1. The fraction of sp³-hybridized carbons (Fsp3) is 0.462. The molecule has 0 unspecified atom stereocenters. The van der Waals surface area contributed by atoms with E-state index in [1.807, 2.05) is 0 Å². The maximum Gasteiger partial charge on any atom is 0.331 e. The first kappa shape index (κ1) is 11.9. The second-order valence-electron chi connectivity index (χ2n) is 4.29. The van der Waals surface area contributed by atoms with Crippen molar-refractivity contribution in [3.63, 3.8) is 0 Å². The lowest BCUT2D eigenvalue weighted by molar-refractivity contribution is -0.151. The van der Waals surface area contributed by atoms with Crippen LogP contribution in [0, 0.1) is 5.82 Å². The first-order valence-corrected chi connectivity index (χ1v) is 5.87. The molecule has 0 heterocycles. The molecular weight excluding hydrogens is 221 g/mol. The van der Waals surface area contributed by atoms with E-state index in [1.54, 1.807) is 19.1 Å². The topological polar surface area (TPSA) is 38.3 Å². The largest absolute Gasteiger partial charge is 0.464 e. The van der Waals surface area contributed by atoms with Crippen LogP contribution in [0.2, 0.25) is 0 Å². The van der Waals surface area contributed by atoms with E-state index in [9.17, 15) is 9.18 Å². The Morgan fingerprint density at radius 2 is 2.29 bits per heavy atom. The highest BCUT2D eigenvalue weighted by Gasteiger charge is 2.45. The van der Waals surface area contributed by atoms with Gasteiger partial charge in [-0.05, 0) is 44.4 Å². The number of benzene rings is 1. The van der Waals surface area contributed by atoms with Crippen molar-refractivity contribution in [2.75, 3.05) is 11.9 Å². The standard InChI is InChI=1S/C13H16FNO2/c1-2-17-12(16)13(7-4-8-13)15-11-6-3-5-10(14)9-11/h3,5-6,9,15H,2,4,7-8H2,1H3. The monoisotopic (exact) mass is 237 g/mol. The summed E-state index contributed by atoms with van der Waals surface area (Å²) in [5.41, 5.74) is -0.0261. The van der Waals surface area contributed by atoms with Gasteiger partial charge in [0.25, 0.3) is 0 Å². The lowest BCUT2D eigenvalue weighted by atomic mass is 9.76. The number of ether oxygens (including phenoxy) is 1. The molecule has 3 nitrogen and oxygen atoms in total. The van der Waals surface area contributed by atoms with E-state index in [0.717, 1.165) is 19.3 Å². The quantitative estimate of drug-likeness (QED) is 0.818. The van der Waals surface area contributed by atoms with Crippen LogP contribution < -0.4 is 5.32 Å². The predicted octanol–water partition coefficient (Wildman–Crippen LogP) is 2.72. The molecule has 2 rings (SSSR count). The number of nitrogens with one attached hydrogen (secondary N) is 1. The smallest absolute Gasteiger partial charge is 0.331 e. The van der Waals surface area contributed by atoms with Crippen molar-refractivity contribution < 1.29 is 13.9 Å². The van der Waals surface area contributed by atoms with Crippen LogP contribution in [0.5, 0.6) is 0 Å². The normalized spacial score (nSPS) is 17.1. The van der Waals surface area contributed by atoms with Gasteiger partial charge in [-0.1, -0.05) is 6.07 Å². The summed E-state index contributed by atoms with van der Waals surface area (Å²) in [6.07, 6.45) is 2.46. The molecule has 0 atom stereocenters. The van der Waals surface area contributed by atoms with Gasteiger partial charge in [-0.3, -0.25) is 0 Å². The molecule has 1 aromatic carbocycles. The van der Waals surface area contributed by atoms with Crippen LogP contribution in [0.3, 0.4) is 0 Å². The van der Waals surface area contributed by atoms with Crippen LogP contribution in [0.25, 0.3) is 0 Å². The zero-order chi connectivity index (χ0) is 12.3. The average Bonchev–Trinajstić information content (AvgIpc) is 2.24. The van der Waals surface area contributed by atoms with Crippen LogP contribution in [-0.4, -0.2) is 18.1 Å². The summed E-state index contributed by atoms with van der Waals surface area (Å²) in [5.74, 6) is -0.552. The lowest BCUT2D eigenvalue weighted by Gasteiger charge is -2.40. The van der Waals surface area contributed by atoms with Crippen LogP contribution in [-0.2, 0) is 9.53 Å². The molecule has 0 aromatic heterocycles. The highest BCUT2D eigenvalue weighted by Crippen LogP contribution is 2.36. The van der Waals surface area contributed by atoms with E-state index in [2.05, 4.69) is 5.32 Å². The van der Waals surface area contributed by atoms with Crippen LogP contribution >= 0.6 is 0 Å². The van der Waals surface area contributed by atoms with Gasteiger partial charge in [0.05, 0.1) is 6.61 Å². The van der Waals surface area contributed by atoms with Gasteiger partial charge in [0.1, 0.15) is 11.4 Å². The molecule has 92 valence electrons. The molecule has 4 heteroatoms. The summed E-state index contributed by atoms with van der Waals surface area (Å²) < 4.78 is 18.1. The molecule has 0 aliphatic heterocycles. The molecule has 1 aromatic rings. The van der Waals surface area contributed by atoms with Gasteiger partial charge in [-0.25, -0.2) is 9.18 Å². The van der Waals surface area contributed by atoms with Gasteiger partial charge in [-0.2, -0.15) is 0 Å². The van der Waals surface area contributed by atoms with Gasteiger partial charge in [0, 0.05) is 5.69 Å². The van der Waals surface area contributed by atoms with E-state index in [0.29, 0.717) is 12.3 Å². The summed E-state index contributed by atoms with van der Waals surface area (Å²) in [6.45, 7) is 2.15. The Morgan fingerprint density at radius 1 is 1.53 bits per heavy atom. The molecule has 17 heavy (non-hydrogen) atoms. The number of esters is 1. The third-order valence-electron chi connectivity index (χ3n) is 3.08. The Balaban J connectivity index is 2.12. The zero-order valence-corrected chi connectivity index (χ0v) is 9.83. The van der Waals surface area contributed by atoms with Gasteiger partial charge in [0.2, 0.25) is 0 Å². The van der Waals surface area contributed by atoms with E-state index in [4.69, 9.17) is 4.74 Å². The van der Waals surface area contributed by atoms with Gasteiger partial charge >= 0.3 is 5.97 Å². The number of anilines is 1. The molecule has 0 saturated heterocycles. The van der Waals surface area contributed by atoms with Gasteiger partial charge in [0.15, 0.2) is 0 Å². The van der Waals surface area contributed by atoms with Crippen LogP contribution in [0.1, 0.15) is 26.2 Å². The highest BCUT2D eigenvalue weighted by molar-refractivity contribution is 5.85. The molecule has 0 amide bonds. The summed E-state index contributed by atoms with van der Waals surface area (Å²) >= 11 is 0. The molecule has 1 saturated carbocycles. The third kappa shape index (κ3) is 2.40. The van der Waals surface area contributed by atoms with Gasteiger partial charge < -0.3 is 10.1 Å². The minimum atomic E-state index is -0.649. The first-order chi connectivity index (χ1) is 8.16. The van der Waals surface area contributed by atoms with Crippen molar-refractivity contribution in [3.05, 3.63) is 30.1 Å². The molecular formula is C13H16FNO2. The summed E-state index contributed by atoms with van der Waals surface area (Å²) in [7, 11) is 0. The molecule has 1 N–H and O–H groups in total.